The van der Waals surface area contributed by atoms with Gasteiger partial charge in [0.05, 0.1) is 9.88 Å². The highest BCUT2D eigenvalue weighted by atomic mass is 32.1. The van der Waals surface area contributed by atoms with Crippen molar-refractivity contribution < 1.29 is 5.11 Å². The minimum atomic E-state index is -0.786. The van der Waals surface area contributed by atoms with Crippen LogP contribution < -0.4 is 0 Å². The first-order valence-corrected chi connectivity index (χ1v) is 3.62. The van der Waals surface area contributed by atoms with E-state index in [4.69, 9.17) is 11.5 Å². The molecule has 0 saturated heterocycles. The van der Waals surface area contributed by atoms with E-state index in [1.807, 2.05) is 6.92 Å². The van der Waals surface area contributed by atoms with Crippen LogP contribution >= 0.6 is 11.3 Å². The van der Waals surface area contributed by atoms with Crippen molar-refractivity contribution in [3.05, 3.63) is 16.1 Å². The average Bonchev–Trinajstić information content (AvgIpc) is 2.34. The van der Waals surface area contributed by atoms with Gasteiger partial charge < -0.3 is 5.11 Å². The van der Waals surface area contributed by atoms with Gasteiger partial charge in [0.1, 0.15) is 0 Å². The van der Waals surface area contributed by atoms with Gasteiger partial charge in [0.15, 0.2) is 6.10 Å². The van der Waals surface area contributed by atoms with E-state index in [9.17, 15) is 0 Å². The molecule has 0 amide bonds. The van der Waals surface area contributed by atoms with Crippen LogP contribution in [-0.2, 0) is 0 Å². The van der Waals surface area contributed by atoms with Crippen LogP contribution in [0.25, 0.3) is 0 Å². The van der Waals surface area contributed by atoms with E-state index in [0.717, 1.165) is 9.88 Å². The highest BCUT2D eigenvalue weighted by Crippen LogP contribution is 2.18. The largest absolute Gasteiger partial charge is 0.375 e. The summed E-state index contributed by atoms with van der Waals surface area (Å²) in [5, 5.41) is 10.00. The molecule has 1 aromatic heterocycles. The molecule has 0 aliphatic carbocycles. The second-order valence-corrected chi connectivity index (χ2v) is 3.12. The first-order valence-electron chi connectivity index (χ1n) is 2.80. The molecule has 0 bridgehead atoms. The standard InChI is InChI=1S/C7H7NOS/c1-3-6(9)7-4-8-5(2)10-7/h1,4,6,9H,2H3. The van der Waals surface area contributed by atoms with E-state index >= 15 is 0 Å². The predicted octanol–water partition coefficient (Wildman–Crippen LogP) is 1.12. The molecule has 1 N–H and O–H groups in total. The summed E-state index contributed by atoms with van der Waals surface area (Å²) in [6.07, 6.45) is 5.81. The third-order valence-corrected chi connectivity index (χ3v) is 2.03. The number of rotatable bonds is 1. The van der Waals surface area contributed by atoms with Crippen molar-refractivity contribution in [1.29, 1.82) is 0 Å². The smallest absolute Gasteiger partial charge is 0.150 e. The van der Waals surface area contributed by atoms with Crippen LogP contribution in [0.5, 0.6) is 0 Å². The fourth-order valence-corrected chi connectivity index (χ4v) is 1.32. The van der Waals surface area contributed by atoms with Gasteiger partial charge in [-0.25, -0.2) is 4.98 Å². The topological polar surface area (TPSA) is 33.1 Å². The normalized spacial score (nSPS) is 12.5. The average molecular weight is 153 g/mol. The van der Waals surface area contributed by atoms with Gasteiger partial charge in [-0.15, -0.1) is 17.8 Å². The number of terminal acetylenes is 1. The van der Waals surface area contributed by atoms with E-state index in [1.54, 1.807) is 6.20 Å². The van der Waals surface area contributed by atoms with E-state index in [2.05, 4.69) is 10.9 Å². The lowest BCUT2D eigenvalue weighted by Crippen LogP contribution is -1.87. The molecule has 1 unspecified atom stereocenters. The molecule has 0 aliphatic rings. The van der Waals surface area contributed by atoms with Crippen LogP contribution in [0.15, 0.2) is 6.20 Å². The Morgan fingerprint density at radius 1 is 1.90 bits per heavy atom. The van der Waals surface area contributed by atoms with Crippen molar-refractivity contribution >= 4 is 11.3 Å². The van der Waals surface area contributed by atoms with E-state index in [-0.39, 0.29) is 0 Å². The fourth-order valence-electron chi connectivity index (χ4n) is 0.586. The number of aliphatic hydroxyl groups excluding tert-OH is 1. The minimum absolute atomic E-state index is 0.736. The number of aliphatic hydroxyl groups is 1. The van der Waals surface area contributed by atoms with Gasteiger partial charge in [-0.1, -0.05) is 5.92 Å². The molecule has 0 fully saturated rings. The molecule has 0 aromatic carbocycles. The van der Waals surface area contributed by atoms with Crippen LogP contribution in [0, 0.1) is 19.3 Å². The van der Waals surface area contributed by atoms with Crippen molar-refractivity contribution in [1.82, 2.24) is 4.98 Å². The summed E-state index contributed by atoms with van der Waals surface area (Å²) in [6.45, 7) is 1.87. The van der Waals surface area contributed by atoms with Gasteiger partial charge >= 0.3 is 0 Å². The first-order chi connectivity index (χ1) is 4.74. The fraction of sp³-hybridized carbons (Fsp3) is 0.286. The third kappa shape index (κ3) is 1.35. The summed E-state index contributed by atoms with van der Waals surface area (Å²) in [6, 6.07) is 0. The SMILES string of the molecule is C#CC(O)c1cnc(C)s1. The second kappa shape index (κ2) is 2.82. The lowest BCUT2D eigenvalue weighted by molar-refractivity contribution is 0.242. The monoisotopic (exact) mass is 153 g/mol. The summed E-state index contributed by atoms with van der Waals surface area (Å²) in [5.41, 5.74) is 0. The molecule has 0 radical (unpaired) electrons. The lowest BCUT2D eigenvalue weighted by Gasteiger charge is -1.94. The molecule has 10 heavy (non-hydrogen) atoms. The van der Waals surface area contributed by atoms with E-state index in [1.165, 1.54) is 11.3 Å². The van der Waals surface area contributed by atoms with Gasteiger partial charge in [0.25, 0.3) is 0 Å². The molecule has 1 rings (SSSR count). The Hall–Kier alpha value is -0.850. The van der Waals surface area contributed by atoms with Crippen molar-refractivity contribution in [3.63, 3.8) is 0 Å². The minimum Gasteiger partial charge on any atom is -0.375 e. The van der Waals surface area contributed by atoms with Crippen LogP contribution in [0.4, 0.5) is 0 Å². The molecule has 1 heterocycles. The number of nitrogens with zero attached hydrogens (tertiary/aromatic N) is 1. The Labute approximate surface area is 63.5 Å². The number of thiazole rings is 1. The van der Waals surface area contributed by atoms with Crippen LogP contribution in [0.2, 0.25) is 0 Å². The maximum Gasteiger partial charge on any atom is 0.150 e. The number of hydrogen-bond donors (Lipinski definition) is 1. The predicted molar refractivity (Wildman–Crippen MR) is 40.6 cm³/mol. The summed E-state index contributed by atoms with van der Waals surface area (Å²) < 4.78 is 0. The van der Waals surface area contributed by atoms with Crippen molar-refractivity contribution in [2.75, 3.05) is 0 Å². The molecule has 0 spiro atoms. The molecule has 1 atom stereocenters. The van der Waals surface area contributed by atoms with Gasteiger partial charge in [-0.3, -0.25) is 0 Å². The third-order valence-electron chi connectivity index (χ3n) is 1.07. The Kier molecular flexibility index (Phi) is 2.05. The molecule has 2 nitrogen and oxygen atoms in total. The molecule has 52 valence electrons. The number of hydrogen-bond acceptors (Lipinski definition) is 3. The van der Waals surface area contributed by atoms with Crippen LogP contribution in [-0.4, -0.2) is 10.1 Å². The number of aryl methyl sites for hydroxylation is 1. The maximum atomic E-state index is 9.08. The Morgan fingerprint density at radius 3 is 3.00 bits per heavy atom. The van der Waals surface area contributed by atoms with Crippen molar-refractivity contribution in [3.8, 4) is 12.3 Å². The molecule has 3 heteroatoms. The molecular weight excluding hydrogens is 146 g/mol. The quantitative estimate of drug-likeness (QED) is 0.613. The van der Waals surface area contributed by atoms with E-state index < -0.39 is 6.10 Å². The number of aromatic nitrogens is 1. The molecular formula is C7H7NOS. The zero-order valence-corrected chi connectivity index (χ0v) is 6.35. The van der Waals surface area contributed by atoms with Crippen molar-refractivity contribution in [2.24, 2.45) is 0 Å². The van der Waals surface area contributed by atoms with Crippen LogP contribution in [0.3, 0.4) is 0 Å². The van der Waals surface area contributed by atoms with Gasteiger partial charge in [0, 0.05) is 6.20 Å². The highest BCUT2D eigenvalue weighted by molar-refractivity contribution is 7.11. The Morgan fingerprint density at radius 2 is 2.60 bits per heavy atom. The Bertz CT molecular complexity index is 261. The van der Waals surface area contributed by atoms with Gasteiger partial charge in [0.2, 0.25) is 0 Å². The second-order valence-electron chi connectivity index (χ2n) is 1.85. The molecule has 1 aromatic rings. The van der Waals surface area contributed by atoms with E-state index in [0.29, 0.717) is 0 Å². The molecule has 0 saturated carbocycles. The Balaban J connectivity index is 2.87. The van der Waals surface area contributed by atoms with Crippen molar-refractivity contribution in [2.45, 2.75) is 13.0 Å². The summed E-state index contributed by atoms with van der Waals surface area (Å²) in [5.74, 6) is 2.22. The highest BCUT2D eigenvalue weighted by Gasteiger charge is 2.05. The summed E-state index contributed by atoms with van der Waals surface area (Å²) in [7, 11) is 0. The van der Waals surface area contributed by atoms with Crippen LogP contribution in [0.1, 0.15) is 16.0 Å². The van der Waals surface area contributed by atoms with Gasteiger partial charge in [-0.05, 0) is 6.92 Å². The first kappa shape index (κ1) is 7.26. The lowest BCUT2D eigenvalue weighted by atomic mass is 10.3. The zero-order chi connectivity index (χ0) is 7.56. The maximum absolute atomic E-state index is 9.08. The molecule has 0 aliphatic heterocycles. The summed E-state index contributed by atoms with van der Waals surface area (Å²) in [4.78, 5) is 4.68. The zero-order valence-electron chi connectivity index (χ0n) is 5.53. The van der Waals surface area contributed by atoms with Gasteiger partial charge in [-0.2, -0.15) is 0 Å². The summed E-state index contributed by atoms with van der Waals surface area (Å²) >= 11 is 1.42.